The summed E-state index contributed by atoms with van der Waals surface area (Å²) in [6.07, 6.45) is 1.21. The number of carboxylic acids is 1. The van der Waals surface area contributed by atoms with E-state index in [2.05, 4.69) is 15.3 Å². The Kier molecular flexibility index (Phi) is 9.55. The van der Waals surface area contributed by atoms with E-state index in [0.29, 0.717) is 47.3 Å². The first kappa shape index (κ1) is 28.8. The predicted molar refractivity (Wildman–Crippen MR) is 153 cm³/mol. The Morgan fingerprint density at radius 1 is 1.00 bits per heavy atom. The molecule has 210 valence electrons. The fourth-order valence-corrected chi connectivity index (χ4v) is 5.27. The van der Waals surface area contributed by atoms with Gasteiger partial charge in [-0.05, 0) is 68.3 Å². The van der Waals surface area contributed by atoms with Crippen molar-refractivity contribution >= 4 is 41.7 Å². The SMILES string of the molecule is CCOc1cc2ncnc(Nc3ccc(Oc4cccc(CCOP(=O)(CC(=O)O)OCC)c4)cc3)c2cc1N. The molecule has 1 atom stereocenters. The van der Waals surface area contributed by atoms with Crippen LogP contribution in [0.3, 0.4) is 0 Å². The molecule has 0 fully saturated rings. The first-order valence-electron chi connectivity index (χ1n) is 12.7. The quantitative estimate of drug-likeness (QED) is 0.121. The van der Waals surface area contributed by atoms with Crippen molar-refractivity contribution in [3.63, 3.8) is 0 Å². The Labute approximate surface area is 231 Å². The molecule has 0 saturated heterocycles. The van der Waals surface area contributed by atoms with Gasteiger partial charge in [0.1, 0.15) is 35.6 Å². The van der Waals surface area contributed by atoms with Crippen LogP contribution in [0.25, 0.3) is 10.9 Å². The van der Waals surface area contributed by atoms with Crippen LogP contribution in [0.15, 0.2) is 67.0 Å². The van der Waals surface area contributed by atoms with Gasteiger partial charge in [-0.2, -0.15) is 0 Å². The van der Waals surface area contributed by atoms with Gasteiger partial charge in [0.25, 0.3) is 0 Å². The second-order valence-electron chi connectivity index (χ2n) is 8.63. The Hall–Kier alpha value is -4.18. The summed E-state index contributed by atoms with van der Waals surface area (Å²) in [4.78, 5) is 19.7. The van der Waals surface area contributed by atoms with E-state index < -0.39 is 19.7 Å². The Bertz CT molecular complexity index is 1510. The fourth-order valence-electron chi connectivity index (χ4n) is 3.92. The lowest BCUT2D eigenvalue weighted by molar-refractivity contribution is -0.134. The van der Waals surface area contributed by atoms with Crippen molar-refractivity contribution in [2.24, 2.45) is 0 Å². The molecule has 3 aromatic carbocycles. The molecule has 4 N–H and O–H groups in total. The highest BCUT2D eigenvalue weighted by Crippen LogP contribution is 2.47. The molecule has 1 heterocycles. The van der Waals surface area contributed by atoms with E-state index in [0.717, 1.165) is 16.6 Å². The van der Waals surface area contributed by atoms with Gasteiger partial charge in [-0.15, -0.1) is 0 Å². The van der Waals surface area contributed by atoms with Gasteiger partial charge in [-0.3, -0.25) is 9.36 Å². The second kappa shape index (κ2) is 13.3. The first-order valence-corrected chi connectivity index (χ1v) is 14.4. The molecule has 0 saturated carbocycles. The van der Waals surface area contributed by atoms with Gasteiger partial charge in [-0.1, -0.05) is 12.1 Å². The fraction of sp³-hybridized carbons (Fsp3) is 0.250. The molecule has 4 aromatic rings. The van der Waals surface area contributed by atoms with Crippen molar-refractivity contribution in [3.8, 4) is 17.2 Å². The third-order valence-corrected chi connectivity index (χ3v) is 7.54. The van der Waals surface area contributed by atoms with Crippen LogP contribution >= 0.6 is 7.60 Å². The van der Waals surface area contributed by atoms with E-state index in [1.54, 1.807) is 19.1 Å². The predicted octanol–water partition coefficient (Wildman–Crippen LogP) is 6.02. The first-order chi connectivity index (χ1) is 19.3. The summed E-state index contributed by atoms with van der Waals surface area (Å²) in [5, 5.41) is 13.0. The number of hydrogen-bond donors (Lipinski definition) is 3. The van der Waals surface area contributed by atoms with Crippen molar-refractivity contribution in [1.82, 2.24) is 9.97 Å². The molecule has 11 nitrogen and oxygen atoms in total. The number of benzene rings is 3. The average Bonchev–Trinajstić information content (AvgIpc) is 2.91. The smallest absolute Gasteiger partial charge is 0.341 e. The summed E-state index contributed by atoms with van der Waals surface area (Å²) in [6.45, 7) is 4.18. The maximum atomic E-state index is 12.5. The number of nitrogens with zero attached hydrogens (tertiary/aromatic N) is 2. The van der Waals surface area contributed by atoms with Crippen LogP contribution in [-0.4, -0.2) is 47.0 Å². The van der Waals surface area contributed by atoms with Gasteiger partial charge in [0.05, 0.1) is 31.0 Å². The number of rotatable bonds is 14. The van der Waals surface area contributed by atoms with Gasteiger partial charge >= 0.3 is 13.6 Å². The van der Waals surface area contributed by atoms with E-state index in [-0.39, 0.29) is 13.2 Å². The van der Waals surface area contributed by atoms with Gasteiger partial charge in [0.2, 0.25) is 0 Å². The van der Waals surface area contributed by atoms with Crippen LogP contribution in [-0.2, 0) is 24.8 Å². The molecule has 40 heavy (non-hydrogen) atoms. The lowest BCUT2D eigenvalue weighted by Gasteiger charge is -2.16. The molecule has 1 unspecified atom stereocenters. The largest absolute Gasteiger partial charge is 0.492 e. The van der Waals surface area contributed by atoms with Crippen molar-refractivity contribution in [2.45, 2.75) is 20.3 Å². The third kappa shape index (κ3) is 7.69. The number of hydrogen-bond acceptors (Lipinski definition) is 10. The lowest BCUT2D eigenvalue weighted by Crippen LogP contribution is -2.10. The number of ether oxygens (including phenoxy) is 2. The number of aromatic nitrogens is 2. The summed E-state index contributed by atoms with van der Waals surface area (Å²) >= 11 is 0. The highest BCUT2D eigenvalue weighted by Gasteiger charge is 2.27. The number of nitrogens with one attached hydrogen (secondary N) is 1. The summed E-state index contributed by atoms with van der Waals surface area (Å²) in [6, 6.07) is 18.4. The minimum Gasteiger partial charge on any atom is -0.492 e. The highest BCUT2D eigenvalue weighted by atomic mass is 31.2. The number of carbonyl (C=O) groups is 1. The van der Waals surface area contributed by atoms with E-state index in [1.165, 1.54) is 6.33 Å². The summed E-state index contributed by atoms with van der Waals surface area (Å²) < 4.78 is 34.5. The van der Waals surface area contributed by atoms with Gasteiger partial charge in [0.15, 0.2) is 0 Å². The topological polar surface area (TPSA) is 155 Å². The molecule has 12 heteroatoms. The zero-order chi connectivity index (χ0) is 28.5. The van der Waals surface area contributed by atoms with Crippen molar-refractivity contribution in [3.05, 3.63) is 72.6 Å². The normalized spacial score (nSPS) is 12.6. The molecule has 0 aliphatic carbocycles. The molecular weight excluding hydrogens is 535 g/mol. The van der Waals surface area contributed by atoms with Crippen molar-refractivity contribution in [1.29, 1.82) is 0 Å². The van der Waals surface area contributed by atoms with Crippen LogP contribution < -0.4 is 20.5 Å². The molecule has 1 aromatic heterocycles. The number of nitrogens with two attached hydrogens (primary N) is 1. The monoisotopic (exact) mass is 566 g/mol. The van der Waals surface area contributed by atoms with Crippen LogP contribution in [0.2, 0.25) is 0 Å². The second-order valence-corrected chi connectivity index (χ2v) is 10.7. The Morgan fingerprint density at radius 3 is 2.52 bits per heavy atom. The molecule has 0 radical (unpaired) electrons. The number of aliphatic carboxylic acids is 1. The molecule has 0 amide bonds. The maximum Gasteiger partial charge on any atom is 0.341 e. The Morgan fingerprint density at radius 2 is 1.80 bits per heavy atom. The molecule has 0 aliphatic heterocycles. The van der Waals surface area contributed by atoms with Crippen LogP contribution in [0.4, 0.5) is 17.2 Å². The third-order valence-electron chi connectivity index (χ3n) is 5.65. The molecule has 0 bridgehead atoms. The number of anilines is 3. The van der Waals surface area contributed by atoms with Crippen LogP contribution in [0.1, 0.15) is 19.4 Å². The summed E-state index contributed by atoms with van der Waals surface area (Å²) in [7, 11) is -3.69. The van der Waals surface area contributed by atoms with Gasteiger partial charge < -0.3 is 34.7 Å². The summed E-state index contributed by atoms with van der Waals surface area (Å²) in [5.74, 6) is 1.19. The standard InChI is InChI=1S/C28H31N4O7P/c1-3-36-26-16-25-23(15-24(26)29)28(31-18-30-25)32-20-8-10-21(11-9-20)39-22-7-5-6-19(14-22)12-13-38-40(35,37-4-2)17-27(33)34/h5-11,14-16,18H,3-4,12-13,17,29H2,1-2H3,(H,33,34)(H,30,31,32). The van der Waals surface area contributed by atoms with Crippen LogP contribution in [0, 0.1) is 0 Å². The molecule has 0 aliphatic rings. The Balaban J connectivity index is 1.38. The zero-order valence-corrected chi connectivity index (χ0v) is 23.1. The van der Waals surface area contributed by atoms with E-state index in [9.17, 15) is 9.36 Å². The highest BCUT2D eigenvalue weighted by molar-refractivity contribution is 7.54. The zero-order valence-electron chi connectivity index (χ0n) is 22.2. The lowest BCUT2D eigenvalue weighted by atomic mass is 10.1. The maximum absolute atomic E-state index is 12.5. The van der Waals surface area contributed by atoms with Crippen molar-refractivity contribution < 1.29 is 33.0 Å². The van der Waals surface area contributed by atoms with Gasteiger partial charge in [0, 0.05) is 17.1 Å². The number of fused-ring (bicyclic) bond motifs is 1. The van der Waals surface area contributed by atoms with Crippen LogP contribution in [0.5, 0.6) is 17.2 Å². The summed E-state index contributed by atoms with van der Waals surface area (Å²) in [5.41, 5.74) is 9.03. The average molecular weight is 567 g/mol. The van der Waals surface area contributed by atoms with Crippen molar-refractivity contribution in [2.75, 3.05) is 37.0 Å². The number of nitrogen functional groups attached to an aromatic ring is 1. The van der Waals surface area contributed by atoms with E-state index >= 15 is 0 Å². The van der Waals surface area contributed by atoms with E-state index in [4.69, 9.17) is 29.4 Å². The molecule has 4 rings (SSSR count). The minimum absolute atomic E-state index is 0.0463. The number of carboxylic acid groups (broad SMARTS) is 1. The molecular formula is C28H31N4O7P. The molecule has 0 spiro atoms. The van der Waals surface area contributed by atoms with Gasteiger partial charge in [-0.25, -0.2) is 9.97 Å². The minimum atomic E-state index is -3.69. The van der Waals surface area contributed by atoms with E-state index in [1.807, 2.05) is 55.5 Å².